The Kier molecular flexibility index (Phi) is 5.67. The van der Waals surface area contributed by atoms with Crippen molar-refractivity contribution in [2.24, 2.45) is 0 Å². The predicted octanol–water partition coefficient (Wildman–Crippen LogP) is 4.07. The number of carbonyl (C=O) groups excluding carboxylic acids is 2. The SMILES string of the molecule is C[C@@H](NC(=O)c1cccc(NC(=O)c2cccs2)c1)c1ccc(-n2cncn2)cc1. The van der Waals surface area contributed by atoms with Crippen LogP contribution in [0.1, 0.15) is 38.6 Å². The number of anilines is 1. The molecule has 0 aliphatic carbocycles. The molecule has 0 aliphatic heterocycles. The third-order valence-corrected chi connectivity index (χ3v) is 5.42. The van der Waals surface area contributed by atoms with Gasteiger partial charge < -0.3 is 10.6 Å². The number of nitrogens with zero attached hydrogens (tertiary/aromatic N) is 3. The number of nitrogens with one attached hydrogen (secondary N) is 2. The lowest BCUT2D eigenvalue weighted by molar-refractivity contribution is 0.0938. The highest BCUT2D eigenvalue weighted by atomic mass is 32.1. The summed E-state index contributed by atoms with van der Waals surface area (Å²) in [6, 6.07) is 18.0. The van der Waals surface area contributed by atoms with E-state index in [2.05, 4.69) is 20.7 Å². The van der Waals surface area contributed by atoms with Gasteiger partial charge in [0.2, 0.25) is 0 Å². The van der Waals surface area contributed by atoms with Crippen molar-refractivity contribution in [2.75, 3.05) is 5.32 Å². The highest BCUT2D eigenvalue weighted by molar-refractivity contribution is 7.12. The summed E-state index contributed by atoms with van der Waals surface area (Å²) in [5, 5.41) is 11.8. The van der Waals surface area contributed by atoms with Crippen LogP contribution >= 0.6 is 11.3 Å². The summed E-state index contributed by atoms with van der Waals surface area (Å²) < 4.78 is 1.67. The van der Waals surface area contributed by atoms with Gasteiger partial charge in [-0.1, -0.05) is 24.3 Å². The Hall–Kier alpha value is -3.78. The van der Waals surface area contributed by atoms with Gasteiger partial charge in [0.1, 0.15) is 12.7 Å². The predicted molar refractivity (Wildman–Crippen MR) is 116 cm³/mol. The minimum Gasteiger partial charge on any atom is -0.346 e. The van der Waals surface area contributed by atoms with Crippen molar-refractivity contribution in [2.45, 2.75) is 13.0 Å². The average molecular weight is 417 g/mol. The van der Waals surface area contributed by atoms with Crippen LogP contribution in [0.25, 0.3) is 5.69 Å². The molecular weight excluding hydrogens is 398 g/mol. The molecule has 30 heavy (non-hydrogen) atoms. The van der Waals surface area contributed by atoms with Crippen LogP contribution in [-0.4, -0.2) is 26.6 Å². The monoisotopic (exact) mass is 417 g/mol. The van der Waals surface area contributed by atoms with Crippen LogP contribution in [-0.2, 0) is 0 Å². The maximum atomic E-state index is 12.7. The summed E-state index contributed by atoms with van der Waals surface area (Å²) in [6.07, 6.45) is 3.11. The van der Waals surface area contributed by atoms with Crippen molar-refractivity contribution in [3.8, 4) is 5.69 Å². The number of rotatable bonds is 6. The van der Waals surface area contributed by atoms with Crippen molar-refractivity contribution < 1.29 is 9.59 Å². The first kappa shape index (κ1) is 19.5. The molecule has 2 amide bonds. The van der Waals surface area contributed by atoms with E-state index in [1.807, 2.05) is 42.6 Å². The smallest absolute Gasteiger partial charge is 0.265 e. The number of carbonyl (C=O) groups is 2. The molecule has 0 bridgehead atoms. The Bertz CT molecular complexity index is 1140. The normalized spacial score (nSPS) is 11.6. The largest absolute Gasteiger partial charge is 0.346 e. The number of benzene rings is 2. The zero-order valence-corrected chi connectivity index (χ0v) is 17.0. The molecule has 4 aromatic rings. The minimum absolute atomic E-state index is 0.188. The van der Waals surface area contributed by atoms with Crippen LogP contribution in [0.3, 0.4) is 0 Å². The lowest BCUT2D eigenvalue weighted by Crippen LogP contribution is -2.26. The maximum absolute atomic E-state index is 12.7. The van der Waals surface area contributed by atoms with Gasteiger partial charge in [0.15, 0.2) is 0 Å². The standard InChI is InChI=1S/C22H19N5O2S/c1-15(16-7-9-19(10-8-16)27-14-23-13-24-27)25-21(28)17-4-2-5-18(12-17)26-22(29)20-6-3-11-30-20/h2-15H,1H3,(H,25,28)(H,26,29)/t15-/m1/s1. The fourth-order valence-electron chi connectivity index (χ4n) is 2.96. The summed E-state index contributed by atoms with van der Waals surface area (Å²) in [5.41, 5.74) is 2.91. The zero-order chi connectivity index (χ0) is 20.9. The van der Waals surface area contributed by atoms with Gasteiger partial charge in [0, 0.05) is 11.3 Å². The second-order valence-corrected chi connectivity index (χ2v) is 7.59. The molecule has 0 fully saturated rings. The summed E-state index contributed by atoms with van der Waals surface area (Å²) in [5.74, 6) is -0.404. The number of thiophene rings is 1. The van der Waals surface area contributed by atoms with E-state index in [-0.39, 0.29) is 17.9 Å². The highest BCUT2D eigenvalue weighted by Crippen LogP contribution is 2.18. The molecular formula is C22H19N5O2S. The van der Waals surface area contributed by atoms with Gasteiger partial charge in [-0.15, -0.1) is 11.3 Å². The summed E-state index contributed by atoms with van der Waals surface area (Å²) in [6.45, 7) is 1.92. The topological polar surface area (TPSA) is 88.9 Å². The molecule has 0 spiro atoms. The van der Waals surface area contributed by atoms with Gasteiger partial charge in [0.25, 0.3) is 11.8 Å². The van der Waals surface area contributed by atoms with Crippen LogP contribution in [0.5, 0.6) is 0 Å². The highest BCUT2D eigenvalue weighted by Gasteiger charge is 2.13. The van der Waals surface area contributed by atoms with Gasteiger partial charge in [-0.3, -0.25) is 9.59 Å². The first-order valence-corrected chi connectivity index (χ1v) is 10.2. The first-order chi connectivity index (χ1) is 14.6. The lowest BCUT2D eigenvalue weighted by atomic mass is 10.1. The third kappa shape index (κ3) is 4.44. The van der Waals surface area contributed by atoms with E-state index in [9.17, 15) is 9.59 Å². The van der Waals surface area contributed by atoms with E-state index < -0.39 is 0 Å². The van der Waals surface area contributed by atoms with Crippen molar-refractivity contribution in [1.82, 2.24) is 20.1 Å². The molecule has 0 saturated carbocycles. The molecule has 2 aromatic heterocycles. The number of aromatic nitrogens is 3. The van der Waals surface area contributed by atoms with Gasteiger partial charge in [0.05, 0.1) is 16.6 Å². The molecule has 2 N–H and O–H groups in total. The molecule has 0 unspecified atom stereocenters. The van der Waals surface area contributed by atoms with Crippen LogP contribution in [0.2, 0.25) is 0 Å². The Labute approximate surface area is 177 Å². The molecule has 0 aliphatic rings. The molecule has 7 nitrogen and oxygen atoms in total. The van der Waals surface area contributed by atoms with E-state index in [4.69, 9.17) is 0 Å². The molecule has 1 atom stereocenters. The third-order valence-electron chi connectivity index (χ3n) is 4.55. The van der Waals surface area contributed by atoms with E-state index >= 15 is 0 Å². The van der Waals surface area contributed by atoms with E-state index in [1.165, 1.54) is 17.7 Å². The molecule has 150 valence electrons. The Balaban J connectivity index is 1.41. The Morgan fingerprint density at radius 1 is 1.03 bits per heavy atom. The molecule has 8 heteroatoms. The number of amides is 2. The molecule has 2 aromatic carbocycles. The maximum Gasteiger partial charge on any atom is 0.265 e. The second-order valence-electron chi connectivity index (χ2n) is 6.64. The lowest BCUT2D eigenvalue weighted by Gasteiger charge is -2.15. The molecule has 0 saturated heterocycles. The molecule has 0 radical (unpaired) electrons. The van der Waals surface area contributed by atoms with Gasteiger partial charge in [-0.2, -0.15) is 5.10 Å². The zero-order valence-electron chi connectivity index (χ0n) is 16.1. The van der Waals surface area contributed by atoms with Crippen LogP contribution in [0.15, 0.2) is 78.7 Å². The van der Waals surface area contributed by atoms with Gasteiger partial charge in [-0.25, -0.2) is 9.67 Å². The first-order valence-electron chi connectivity index (χ1n) is 9.31. The number of hydrogen-bond acceptors (Lipinski definition) is 5. The van der Waals surface area contributed by atoms with Crippen LogP contribution in [0.4, 0.5) is 5.69 Å². The van der Waals surface area contributed by atoms with Crippen LogP contribution in [0, 0.1) is 0 Å². The Morgan fingerprint density at radius 3 is 2.57 bits per heavy atom. The fraction of sp³-hybridized carbons (Fsp3) is 0.0909. The van der Waals surface area contributed by atoms with Gasteiger partial charge in [-0.05, 0) is 54.3 Å². The summed E-state index contributed by atoms with van der Waals surface area (Å²) >= 11 is 1.37. The number of hydrogen-bond donors (Lipinski definition) is 2. The quantitative estimate of drug-likeness (QED) is 0.495. The van der Waals surface area contributed by atoms with E-state index in [1.54, 1.807) is 41.3 Å². The Morgan fingerprint density at radius 2 is 1.87 bits per heavy atom. The van der Waals surface area contributed by atoms with Crippen molar-refractivity contribution in [3.63, 3.8) is 0 Å². The van der Waals surface area contributed by atoms with Crippen molar-refractivity contribution in [1.29, 1.82) is 0 Å². The molecule has 4 rings (SSSR count). The minimum atomic E-state index is -0.213. The fourth-order valence-corrected chi connectivity index (χ4v) is 3.58. The van der Waals surface area contributed by atoms with Crippen molar-refractivity contribution in [3.05, 3.63) is 94.7 Å². The summed E-state index contributed by atoms with van der Waals surface area (Å²) in [4.78, 5) is 29.5. The van der Waals surface area contributed by atoms with Crippen LogP contribution < -0.4 is 10.6 Å². The van der Waals surface area contributed by atoms with Gasteiger partial charge >= 0.3 is 0 Å². The van der Waals surface area contributed by atoms with Crippen molar-refractivity contribution >= 4 is 28.8 Å². The van der Waals surface area contributed by atoms with E-state index in [0.717, 1.165) is 11.3 Å². The van der Waals surface area contributed by atoms with E-state index in [0.29, 0.717) is 16.1 Å². The molecule has 2 heterocycles. The second kappa shape index (κ2) is 8.71. The average Bonchev–Trinajstić information content (AvgIpc) is 3.48. The summed E-state index contributed by atoms with van der Waals surface area (Å²) in [7, 11) is 0.